The lowest BCUT2D eigenvalue weighted by Crippen LogP contribution is -2.48. The van der Waals surface area contributed by atoms with Crippen molar-refractivity contribution >= 4 is 45.4 Å². The molecule has 1 atom stereocenters. The summed E-state index contributed by atoms with van der Waals surface area (Å²) < 4.78 is 2.32. The molecule has 2 aromatic carbocycles. The number of likely N-dealkylation sites (N-methyl/N-ethyl adjacent to an activating group) is 1. The van der Waals surface area contributed by atoms with E-state index >= 15 is 0 Å². The number of aryl methyl sites for hydroxylation is 1. The van der Waals surface area contributed by atoms with Crippen LogP contribution in [-0.2, 0) is 16.1 Å². The van der Waals surface area contributed by atoms with Crippen molar-refractivity contribution in [2.45, 2.75) is 31.3 Å². The third kappa shape index (κ3) is 5.15. The second kappa shape index (κ2) is 10.00. The Labute approximate surface area is 182 Å². The highest BCUT2D eigenvalue weighted by molar-refractivity contribution is 7.99. The number of benzene rings is 2. The van der Waals surface area contributed by atoms with Crippen LogP contribution in [0.25, 0.3) is 21.8 Å². The number of amides is 2. The number of nitrogens with one attached hydrogen (secondary N) is 2. The van der Waals surface area contributed by atoms with E-state index in [1.54, 1.807) is 11.8 Å². The molecule has 0 radical (unpaired) electrons. The summed E-state index contributed by atoms with van der Waals surface area (Å²) in [4.78, 5) is 27.2. The molecular weight excluding hydrogens is 396 g/mol. The monoisotopic (exact) mass is 426 g/mol. The molecule has 1 aromatic heterocycles. The van der Waals surface area contributed by atoms with Crippen molar-refractivity contribution in [2.75, 3.05) is 32.9 Å². The number of nitrogens with zero attached hydrogens (tertiary/aromatic N) is 2. The Hall–Kier alpha value is -2.51. The fourth-order valence-corrected chi connectivity index (χ4v) is 4.56. The third-order valence-corrected chi connectivity index (χ3v) is 6.12. The molecule has 0 saturated heterocycles. The predicted molar refractivity (Wildman–Crippen MR) is 125 cm³/mol. The van der Waals surface area contributed by atoms with Crippen LogP contribution in [0.5, 0.6) is 0 Å². The Bertz CT molecular complexity index is 1040. The fourth-order valence-electron chi connectivity index (χ4n) is 3.60. The number of rotatable bonds is 9. The van der Waals surface area contributed by atoms with Crippen molar-refractivity contribution in [1.82, 2.24) is 20.1 Å². The van der Waals surface area contributed by atoms with Crippen LogP contribution < -0.4 is 10.6 Å². The topological polar surface area (TPSA) is 66.4 Å². The van der Waals surface area contributed by atoms with E-state index in [1.807, 2.05) is 19.0 Å². The molecule has 7 heteroatoms. The molecule has 3 aromatic rings. The number of hydrogen-bond acceptors (Lipinski definition) is 4. The molecule has 0 spiro atoms. The van der Waals surface area contributed by atoms with E-state index in [2.05, 4.69) is 64.6 Å². The van der Waals surface area contributed by atoms with Crippen LogP contribution in [-0.4, -0.2) is 60.3 Å². The maximum absolute atomic E-state index is 12.5. The summed E-state index contributed by atoms with van der Waals surface area (Å²) in [5.74, 6) is 0.124. The average molecular weight is 427 g/mol. The van der Waals surface area contributed by atoms with Crippen LogP contribution in [0.4, 0.5) is 0 Å². The standard InChI is InChI=1S/C23H30N4O2S/c1-5-27-21-9-7-6-8-18(21)19-14-17(10-11-22(19)27)30-15-20(25-16(2)28)23(29)24-12-13-26(3)4/h6-11,14,20H,5,12-13,15H2,1-4H3,(H,24,29)(H,25,28). The van der Waals surface area contributed by atoms with Gasteiger partial charge in [-0.3, -0.25) is 9.59 Å². The number of carbonyl (C=O) groups excluding carboxylic acids is 2. The lowest BCUT2D eigenvalue weighted by Gasteiger charge is -2.18. The van der Waals surface area contributed by atoms with Crippen molar-refractivity contribution in [3.63, 3.8) is 0 Å². The van der Waals surface area contributed by atoms with Gasteiger partial charge in [0.1, 0.15) is 6.04 Å². The molecule has 160 valence electrons. The zero-order valence-corrected chi connectivity index (χ0v) is 18.9. The van der Waals surface area contributed by atoms with Crippen molar-refractivity contribution in [2.24, 2.45) is 0 Å². The number of thioether (sulfide) groups is 1. The smallest absolute Gasteiger partial charge is 0.243 e. The van der Waals surface area contributed by atoms with E-state index in [1.165, 1.54) is 28.7 Å². The molecule has 1 heterocycles. The van der Waals surface area contributed by atoms with Gasteiger partial charge in [-0.1, -0.05) is 18.2 Å². The molecule has 0 aliphatic heterocycles. The Kier molecular flexibility index (Phi) is 7.39. The van der Waals surface area contributed by atoms with E-state index in [4.69, 9.17) is 0 Å². The highest BCUT2D eigenvalue weighted by Crippen LogP contribution is 2.32. The summed E-state index contributed by atoms with van der Waals surface area (Å²) in [6.45, 7) is 5.81. The predicted octanol–water partition coefficient (Wildman–Crippen LogP) is 3.09. The Morgan fingerprint density at radius 3 is 2.53 bits per heavy atom. The van der Waals surface area contributed by atoms with Gasteiger partial charge in [0, 0.05) is 59.0 Å². The normalized spacial score (nSPS) is 12.4. The number of para-hydroxylation sites is 1. The zero-order chi connectivity index (χ0) is 21.7. The number of hydrogen-bond donors (Lipinski definition) is 2. The van der Waals surface area contributed by atoms with Gasteiger partial charge >= 0.3 is 0 Å². The number of aromatic nitrogens is 1. The van der Waals surface area contributed by atoms with Gasteiger partial charge in [-0.15, -0.1) is 11.8 Å². The summed E-state index contributed by atoms with van der Waals surface area (Å²) in [6.07, 6.45) is 0. The highest BCUT2D eigenvalue weighted by atomic mass is 32.2. The van der Waals surface area contributed by atoms with Gasteiger partial charge in [0.25, 0.3) is 0 Å². The van der Waals surface area contributed by atoms with Crippen LogP contribution in [0.2, 0.25) is 0 Å². The summed E-state index contributed by atoms with van der Waals surface area (Å²) in [7, 11) is 3.91. The second-order valence-electron chi connectivity index (χ2n) is 7.60. The van der Waals surface area contributed by atoms with Crippen LogP contribution in [0, 0.1) is 0 Å². The van der Waals surface area contributed by atoms with Gasteiger partial charge < -0.3 is 20.1 Å². The lowest BCUT2D eigenvalue weighted by atomic mass is 10.1. The number of carbonyl (C=O) groups is 2. The Balaban J connectivity index is 1.77. The van der Waals surface area contributed by atoms with E-state index in [9.17, 15) is 9.59 Å². The fraction of sp³-hybridized carbons (Fsp3) is 0.391. The van der Waals surface area contributed by atoms with Gasteiger partial charge in [0.15, 0.2) is 0 Å². The number of fused-ring (bicyclic) bond motifs is 3. The summed E-state index contributed by atoms with van der Waals surface area (Å²) in [6, 6.07) is 14.3. The molecule has 1 unspecified atom stereocenters. The van der Waals surface area contributed by atoms with Gasteiger partial charge in [0.05, 0.1) is 0 Å². The minimum absolute atomic E-state index is 0.150. The third-order valence-electron chi connectivity index (χ3n) is 5.03. The van der Waals surface area contributed by atoms with Crippen molar-refractivity contribution in [1.29, 1.82) is 0 Å². The SMILES string of the molecule is CCn1c2ccccc2c2cc(SCC(NC(C)=O)C(=O)NCCN(C)C)ccc21. The minimum Gasteiger partial charge on any atom is -0.353 e. The molecule has 0 saturated carbocycles. The molecular formula is C23H30N4O2S. The molecule has 2 amide bonds. The summed E-state index contributed by atoms with van der Waals surface area (Å²) in [5.41, 5.74) is 2.44. The van der Waals surface area contributed by atoms with Crippen LogP contribution >= 0.6 is 11.8 Å². The van der Waals surface area contributed by atoms with Gasteiger partial charge in [-0.05, 0) is 45.3 Å². The van der Waals surface area contributed by atoms with Gasteiger partial charge in [-0.2, -0.15) is 0 Å². The van der Waals surface area contributed by atoms with Crippen molar-refractivity contribution < 1.29 is 9.59 Å². The maximum atomic E-state index is 12.5. The van der Waals surface area contributed by atoms with E-state index in [-0.39, 0.29) is 11.8 Å². The van der Waals surface area contributed by atoms with Crippen LogP contribution in [0.15, 0.2) is 47.4 Å². The summed E-state index contributed by atoms with van der Waals surface area (Å²) >= 11 is 1.58. The molecule has 6 nitrogen and oxygen atoms in total. The van der Waals surface area contributed by atoms with E-state index in [0.29, 0.717) is 12.3 Å². The zero-order valence-electron chi connectivity index (χ0n) is 18.1. The van der Waals surface area contributed by atoms with Crippen LogP contribution in [0.3, 0.4) is 0 Å². The lowest BCUT2D eigenvalue weighted by molar-refractivity contribution is -0.127. The van der Waals surface area contributed by atoms with E-state index in [0.717, 1.165) is 18.0 Å². The molecule has 0 aliphatic rings. The van der Waals surface area contributed by atoms with Crippen molar-refractivity contribution in [3.8, 4) is 0 Å². The first-order valence-corrected chi connectivity index (χ1v) is 11.2. The molecule has 2 N–H and O–H groups in total. The van der Waals surface area contributed by atoms with E-state index < -0.39 is 6.04 Å². The first kappa shape index (κ1) is 22.2. The molecule has 3 rings (SSSR count). The van der Waals surface area contributed by atoms with Gasteiger partial charge in [-0.25, -0.2) is 0 Å². The molecule has 0 fully saturated rings. The minimum atomic E-state index is -0.567. The molecule has 0 aliphatic carbocycles. The van der Waals surface area contributed by atoms with Gasteiger partial charge in [0.2, 0.25) is 11.8 Å². The molecule has 0 bridgehead atoms. The maximum Gasteiger partial charge on any atom is 0.243 e. The molecule has 30 heavy (non-hydrogen) atoms. The summed E-state index contributed by atoms with van der Waals surface area (Å²) in [5, 5.41) is 8.13. The quantitative estimate of drug-likeness (QED) is 0.516. The second-order valence-corrected chi connectivity index (χ2v) is 8.69. The first-order valence-electron chi connectivity index (χ1n) is 10.2. The first-order chi connectivity index (χ1) is 14.4. The van der Waals surface area contributed by atoms with Crippen molar-refractivity contribution in [3.05, 3.63) is 42.5 Å². The Morgan fingerprint density at radius 1 is 1.10 bits per heavy atom. The average Bonchev–Trinajstić information content (AvgIpc) is 3.03. The Morgan fingerprint density at radius 2 is 1.83 bits per heavy atom. The highest BCUT2D eigenvalue weighted by Gasteiger charge is 2.20. The largest absolute Gasteiger partial charge is 0.353 e. The van der Waals surface area contributed by atoms with Crippen LogP contribution in [0.1, 0.15) is 13.8 Å².